The Bertz CT molecular complexity index is 1430. The summed E-state index contributed by atoms with van der Waals surface area (Å²) < 4.78 is 10.6. The Morgan fingerprint density at radius 3 is 2.51 bits per heavy atom. The Morgan fingerprint density at radius 1 is 1.00 bits per heavy atom. The van der Waals surface area contributed by atoms with Crippen LogP contribution in [-0.2, 0) is 26.6 Å². The van der Waals surface area contributed by atoms with Gasteiger partial charge in [-0.25, -0.2) is 9.97 Å². The molecule has 1 unspecified atom stereocenters. The second-order valence-corrected chi connectivity index (χ2v) is 12.3. The number of carbonyl (C=O) groups excluding carboxylic acids is 2. The summed E-state index contributed by atoms with van der Waals surface area (Å²) in [6, 6.07) is 20.1. The first-order chi connectivity index (χ1) is 22.0. The van der Waals surface area contributed by atoms with Gasteiger partial charge in [-0.3, -0.25) is 14.5 Å². The number of rotatable bonds is 12. The maximum atomic E-state index is 13.2. The van der Waals surface area contributed by atoms with Gasteiger partial charge in [0.15, 0.2) is 5.16 Å². The molecule has 45 heavy (non-hydrogen) atoms. The SMILES string of the molecule is CCOC(=O)C1CCCN(C(=O)c2ccc(CSc3nc(COC)cc(N4CCN(C/C=C/c5ccccc5)CC4)n3)cc2)C1. The summed E-state index contributed by atoms with van der Waals surface area (Å²) in [6.07, 6.45) is 5.98. The van der Waals surface area contributed by atoms with Crippen LogP contribution in [0.5, 0.6) is 0 Å². The first kappa shape index (κ1) is 32.7. The Morgan fingerprint density at radius 2 is 1.78 bits per heavy atom. The average Bonchev–Trinajstić information content (AvgIpc) is 3.08. The number of amides is 1. The minimum Gasteiger partial charge on any atom is -0.466 e. The van der Waals surface area contributed by atoms with Crippen LogP contribution in [0.15, 0.2) is 71.9 Å². The molecule has 2 aromatic carbocycles. The zero-order chi connectivity index (χ0) is 31.4. The molecule has 2 aliphatic rings. The summed E-state index contributed by atoms with van der Waals surface area (Å²) in [7, 11) is 1.68. The lowest BCUT2D eigenvalue weighted by molar-refractivity contribution is -0.149. The highest BCUT2D eigenvalue weighted by Crippen LogP contribution is 2.25. The lowest BCUT2D eigenvalue weighted by Gasteiger charge is -2.35. The number of hydrogen-bond acceptors (Lipinski definition) is 9. The number of carbonyl (C=O) groups is 2. The zero-order valence-corrected chi connectivity index (χ0v) is 27.1. The summed E-state index contributed by atoms with van der Waals surface area (Å²) >= 11 is 1.58. The molecule has 2 aliphatic heterocycles. The van der Waals surface area contributed by atoms with Crippen LogP contribution in [0.25, 0.3) is 6.08 Å². The average molecular weight is 630 g/mol. The van der Waals surface area contributed by atoms with Crippen molar-refractivity contribution in [3.05, 3.63) is 89.1 Å². The third kappa shape index (κ3) is 9.39. The largest absolute Gasteiger partial charge is 0.466 e. The lowest BCUT2D eigenvalue weighted by Crippen LogP contribution is -2.46. The van der Waals surface area contributed by atoms with Crippen molar-refractivity contribution in [1.29, 1.82) is 0 Å². The molecule has 0 N–H and O–H groups in total. The van der Waals surface area contributed by atoms with E-state index in [0.29, 0.717) is 42.8 Å². The van der Waals surface area contributed by atoms with Crippen LogP contribution >= 0.6 is 11.8 Å². The number of esters is 1. The number of methoxy groups -OCH3 is 1. The monoisotopic (exact) mass is 629 g/mol. The van der Waals surface area contributed by atoms with Crippen molar-refractivity contribution in [1.82, 2.24) is 19.8 Å². The molecule has 0 bridgehead atoms. The first-order valence-electron chi connectivity index (χ1n) is 15.8. The van der Waals surface area contributed by atoms with E-state index in [1.807, 2.05) is 36.4 Å². The Balaban J connectivity index is 1.15. The van der Waals surface area contributed by atoms with E-state index in [2.05, 4.69) is 46.2 Å². The lowest BCUT2D eigenvalue weighted by atomic mass is 9.97. The summed E-state index contributed by atoms with van der Waals surface area (Å²) in [4.78, 5) is 41.6. The van der Waals surface area contributed by atoms with Gasteiger partial charge < -0.3 is 19.3 Å². The molecule has 0 aliphatic carbocycles. The molecule has 0 spiro atoms. The van der Waals surface area contributed by atoms with Crippen LogP contribution in [0, 0.1) is 5.92 Å². The second-order valence-electron chi connectivity index (χ2n) is 11.4. The topological polar surface area (TPSA) is 88.1 Å². The highest BCUT2D eigenvalue weighted by molar-refractivity contribution is 7.98. The van der Waals surface area contributed by atoms with Crippen LogP contribution in [0.4, 0.5) is 5.82 Å². The van der Waals surface area contributed by atoms with Crippen molar-refractivity contribution < 1.29 is 19.1 Å². The van der Waals surface area contributed by atoms with Gasteiger partial charge in [0.05, 0.1) is 24.8 Å². The van der Waals surface area contributed by atoms with E-state index in [1.165, 1.54) is 5.56 Å². The minimum absolute atomic E-state index is 0.0456. The van der Waals surface area contributed by atoms with Gasteiger partial charge in [-0.1, -0.05) is 66.4 Å². The van der Waals surface area contributed by atoms with E-state index in [0.717, 1.165) is 62.6 Å². The van der Waals surface area contributed by atoms with Gasteiger partial charge in [-0.05, 0) is 43.0 Å². The number of nitrogens with zero attached hydrogens (tertiary/aromatic N) is 5. The maximum Gasteiger partial charge on any atom is 0.310 e. The van der Waals surface area contributed by atoms with E-state index < -0.39 is 0 Å². The predicted molar refractivity (Wildman–Crippen MR) is 178 cm³/mol. The summed E-state index contributed by atoms with van der Waals surface area (Å²) in [5.74, 6) is 1.11. The van der Waals surface area contributed by atoms with E-state index in [1.54, 1.807) is 30.7 Å². The summed E-state index contributed by atoms with van der Waals surface area (Å²) in [5, 5.41) is 0.714. The molecular weight excluding hydrogens is 586 g/mol. The fraction of sp³-hybridized carbons (Fsp3) is 0.429. The molecule has 0 saturated carbocycles. The molecule has 9 nitrogen and oxygen atoms in total. The number of thioether (sulfide) groups is 1. The third-order valence-electron chi connectivity index (χ3n) is 8.10. The van der Waals surface area contributed by atoms with Crippen LogP contribution < -0.4 is 4.90 Å². The molecular formula is C35H43N5O4S. The Kier molecular flexibility index (Phi) is 12.0. The van der Waals surface area contributed by atoms with Crippen LogP contribution in [0.2, 0.25) is 0 Å². The quantitative estimate of drug-likeness (QED) is 0.153. The third-order valence-corrected chi connectivity index (χ3v) is 9.02. The fourth-order valence-corrected chi connectivity index (χ4v) is 6.49. The molecule has 238 valence electrons. The van der Waals surface area contributed by atoms with Crippen molar-refractivity contribution in [2.45, 2.75) is 37.3 Å². The molecule has 3 heterocycles. The molecule has 5 rings (SSSR count). The zero-order valence-electron chi connectivity index (χ0n) is 26.3. The summed E-state index contributed by atoms with van der Waals surface area (Å²) in [5.41, 5.74) is 3.80. The van der Waals surface area contributed by atoms with E-state index >= 15 is 0 Å². The highest BCUT2D eigenvalue weighted by atomic mass is 32.2. The first-order valence-corrected chi connectivity index (χ1v) is 16.7. The fourth-order valence-electron chi connectivity index (χ4n) is 5.66. The van der Waals surface area contributed by atoms with Gasteiger partial charge >= 0.3 is 5.97 Å². The standard InChI is InChI=1S/C35H43N5O4S/c1-3-44-34(42)30-12-8-18-40(24-30)33(41)29-15-13-28(14-16-29)26-45-35-36-31(25-43-2)23-32(37-35)39-21-19-38(20-22-39)17-7-11-27-9-5-4-6-10-27/h4-7,9-11,13-16,23,30H,3,8,12,17-22,24-26H2,1-2H3/b11-7+. The van der Waals surface area contributed by atoms with Gasteiger partial charge in [-0.15, -0.1) is 0 Å². The molecule has 10 heteroatoms. The van der Waals surface area contributed by atoms with E-state index in [9.17, 15) is 9.59 Å². The van der Waals surface area contributed by atoms with Crippen molar-refractivity contribution >= 4 is 35.5 Å². The van der Waals surface area contributed by atoms with Crippen LogP contribution in [-0.4, -0.2) is 91.2 Å². The molecule has 3 aromatic rings. The number of aromatic nitrogens is 2. The second kappa shape index (κ2) is 16.5. The predicted octanol–water partition coefficient (Wildman–Crippen LogP) is 5.17. The van der Waals surface area contributed by atoms with Gasteiger partial charge in [0.2, 0.25) is 0 Å². The van der Waals surface area contributed by atoms with Crippen molar-refractivity contribution in [2.24, 2.45) is 5.92 Å². The minimum atomic E-state index is -0.247. The molecule has 1 amide bonds. The molecule has 1 aromatic heterocycles. The number of hydrogen-bond donors (Lipinski definition) is 0. The number of piperazine rings is 1. The number of ether oxygens (including phenoxy) is 2. The number of likely N-dealkylation sites (tertiary alicyclic amines) is 1. The van der Waals surface area contributed by atoms with Crippen molar-refractivity contribution in [3.63, 3.8) is 0 Å². The Labute approximate surface area is 270 Å². The smallest absolute Gasteiger partial charge is 0.310 e. The number of anilines is 1. The highest BCUT2D eigenvalue weighted by Gasteiger charge is 2.29. The number of benzene rings is 2. The van der Waals surface area contributed by atoms with E-state index in [-0.39, 0.29) is 17.8 Å². The normalized spacial score (nSPS) is 17.5. The summed E-state index contributed by atoms with van der Waals surface area (Å²) in [6.45, 7) is 8.33. The van der Waals surface area contributed by atoms with Crippen LogP contribution in [0.1, 0.15) is 46.9 Å². The number of piperidine rings is 1. The van der Waals surface area contributed by atoms with Crippen molar-refractivity contribution in [2.75, 3.05) is 64.4 Å². The van der Waals surface area contributed by atoms with Crippen LogP contribution in [0.3, 0.4) is 0 Å². The molecule has 0 radical (unpaired) electrons. The van der Waals surface area contributed by atoms with Crippen molar-refractivity contribution in [3.8, 4) is 0 Å². The molecule has 1 atom stereocenters. The molecule has 2 fully saturated rings. The van der Waals surface area contributed by atoms with Gasteiger partial charge in [0.1, 0.15) is 5.82 Å². The van der Waals surface area contributed by atoms with Gasteiger partial charge in [0, 0.05) is 70.3 Å². The Hall–Kier alpha value is -3.73. The van der Waals surface area contributed by atoms with Gasteiger partial charge in [-0.2, -0.15) is 0 Å². The van der Waals surface area contributed by atoms with Gasteiger partial charge in [0.25, 0.3) is 5.91 Å². The van der Waals surface area contributed by atoms with E-state index in [4.69, 9.17) is 19.4 Å². The molecule has 2 saturated heterocycles. The maximum absolute atomic E-state index is 13.2.